The first-order valence-corrected chi connectivity index (χ1v) is 10.3. The van der Waals surface area contributed by atoms with Crippen molar-refractivity contribution in [1.82, 2.24) is 19.2 Å². The Balaban J connectivity index is 1.39. The van der Waals surface area contributed by atoms with Gasteiger partial charge in [0, 0.05) is 37.3 Å². The molecule has 0 aromatic carbocycles. The van der Waals surface area contributed by atoms with Gasteiger partial charge in [0.05, 0.1) is 6.42 Å². The van der Waals surface area contributed by atoms with E-state index in [9.17, 15) is 18.4 Å². The van der Waals surface area contributed by atoms with Crippen molar-refractivity contribution in [3.63, 3.8) is 0 Å². The number of pyridine rings is 1. The Bertz CT molecular complexity index is 1010. The van der Waals surface area contributed by atoms with Crippen molar-refractivity contribution in [2.75, 3.05) is 18.4 Å². The van der Waals surface area contributed by atoms with Gasteiger partial charge in [0.1, 0.15) is 11.3 Å². The van der Waals surface area contributed by atoms with Crippen LogP contribution < -0.4 is 5.32 Å². The van der Waals surface area contributed by atoms with E-state index < -0.39 is 24.7 Å². The van der Waals surface area contributed by atoms with E-state index >= 15 is 0 Å². The lowest BCUT2D eigenvalue weighted by atomic mass is 10.0. The van der Waals surface area contributed by atoms with Crippen LogP contribution in [-0.2, 0) is 16.0 Å². The van der Waals surface area contributed by atoms with Gasteiger partial charge >= 0.3 is 0 Å². The molecule has 1 N–H and O–H groups in total. The van der Waals surface area contributed by atoms with E-state index in [4.69, 9.17) is 0 Å². The van der Waals surface area contributed by atoms with Gasteiger partial charge in [0.15, 0.2) is 5.82 Å². The minimum absolute atomic E-state index is 0.144. The van der Waals surface area contributed by atoms with Crippen molar-refractivity contribution < 1.29 is 18.4 Å². The van der Waals surface area contributed by atoms with Gasteiger partial charge in [-0.2, -0.15) is 4.37 Å². The summed E-state index contributed by atoms with van der Waals surface area (Å²) in [5, 5.41) is 2.40. The van der Waals surface area contributed by atoms with Crippen LogP contribution in [0.1, 0.15) is 36.2 Å². The van der Waals surface area contributed by atoms with E-state index in [2.05, 4.69) is 19.7 Å². The molecular formula is C20H19F2N5O2S. The topological polar surface area (TPSA) is 88.1 Å². The summed E-state index contributed by atoms with van der Waals surface area (Å²) in [7, 11) is 0. The van der Waals surface area contributed by atoms with Crippen LogP contribution in [0.5, 0.6) is 0 Å². The summed E-state index contributed by atoms with van der Waals surface area (Å²) >= 11 is 1.30. The molecule has 0 atom stereocenters. The van der Waals surface area contributed by atoms with E-state index in [0.717, 1.165) is 12.8 Å². The van der Waals surface area contributed by atoms with Crippen LogP contribution in [0.2, 0.25) is 0 Å². The lowest BCUT2D eigenvalue weighted by Gasteiger charge is -2.27. The highest BCUT2D eigenvalue weighted by molar-refractivity contribution is 7.03. The summed E-state index contributed by atoms with van der Waals surface area (Å²) in [5.41, 5.74) is 3.67. The molecule has 30 heavy (non-hydrogen) atoms. The third kappa shape index (κ3) is 4.93. The third-order valence-corrected chi connectivity index (χ3v) is 5.45. The molecule has 0 aliphatic carbocycles. The molecule has 4 heterocycles. The molecule has 156 valence electrons. The average Bonchev–Trinajstić information content (AvgIpc) is 3.16. The molecular weight excluding hydrogens is 412 g/mol. The van der Waals surface area contributed by atoms with Crippen molar-refractivity contribution in [3.05, 3.63) is 46.4 Å². The second-order valence-corrected chi connectivity index (χ2v) is 7.89. The number of carbonyl (C=O) groups is 2. The molecule has 1 fully saturated rings. The number of aromatic nitrogens is 3. The number of carbonyl (C=O) groups excluding carboxylic acids is 2. The number of amides is 2. The summed E-state index contributed by atoms with van der Waals surface area (Å²) in [6.45, 7) is 1.19. The summed E-state index contributed by atoms with van der Waals surface area (Å²) in [5.74, 6) is -3.18. The fourth-order valence-corrected chi connectivity index (χ4v) is 3.89. The summed E-state index contributed by atoms with van der Waals surface area (Å²) in [4.78, 5) is 34.0. The normalized spacial score (nSPS) is 18.7. The van der Waals surface area contributed by atoms with Crippen molar-refractivity contribution >= 4 is 41.3 Å². The van der Waals surface area contributed by atoms with Gasteiger partial charge in [-0.3, -0.25) is 9.59 Å². The van der Waals surface area contributed by atoms with Crippen molar-refractivity contribution in [2.45, 2.75) is 31.6 Å². The second kappa shape index (κ2) is 8.39. The molecule has 10 heteroatoms. The average molecular weight is 431 g/mol. The smallest absolute Gasteiger partial charge is 0.260 e. The molecule has 7 nitrogen and oxygen atoms in total. The standard InChI is InChI=1S/C20H19F2N5O2S/c21-20(22)9-15-7-14(11-23-19(15)25-17(28)10-20)1-2-18(29)27-5-3-13(4-6-27)8-16-24-12-30-26-16/h1-2,7-8,11-12H,3-6,9-10H2,(H,23,25,28). The number of anilines is 1. The van der Waals surface area contributed by atoms with Crippen LogP contribution in [0.3, 0.4) is 0 Å². The number of fused-ring (bicyclic) bond motifs is 1. The monoisotopic (exact) mass is 431 g/mol. The Labute approximate surface area is 175 Å². The fourth-order valence-electron chi connectivity index (χ4n) is 3.48. The molecule has 2 aromatic heterocycles. The van der Waals surface area contributed by atoms with Crippen LogP contribution in [-0.4, -0.2) is 50.1 Å². The zero-order valence-corrected chi connectivity index (χ0v) is 16.8. The largest absolute Gasteiger partial charge is 0.339 e. The maximum absolute atomic E-state index is 13.9. The predicted octanol–water partition coefficient (Wildman–Crippen LogP) is 3.17. The molecule has 0 radical (unpaired) electrons. The third-order valence-electron chi connectivity index (χ3n) is 4.96. The van der Waals surface area contributed by atoms with E-state index in [1.54, 1.807) is 16.5 Å². The molecule has 2 aliphatic heterocycles. The van der Waals surface area contributed by atoms with Gasteiger partial charge in [-0.1, -0.05) is 5.57 Å². The highest BCUT2D eigenvalue weighted by Crippen LogP contribution is 2.31. The zero-order valence-electron chi connectivity index (χ0n) is 16.0. The van der Waals surface area contributed by atoms with Crippen molar-refractivity contribution in [3.8, 4) is 0 Å². The highest BCUT2D eigenvalue weighted by atomic mass is 32.1. The lowest BCUT2D eigenvalue weighted by molar-refractivity contribution is -0.126. The zero-order chi connectivity index (χ0) is 21.1. The highest BCUT2D eigenvalue weighted by Gasteiger charge is 2.36. The summed E-state index contributed by atoms with van der Waals surface area (Å²) in [6, 6.07) is 1.53. The number of nitrogens with zero attached hydrogens (tertiary/aromatic N) is 4. The van der Waals surface area contributed by atoms with E-state index in [1.807, 2.05) is 6.08 Å². The molecule has 0 saturated carbocycles. The van der Waals surface area contributed by atoms with Crippen LogP contribution in [0, 0.1) is 0 Å². The maximum atomic E-state index is 13.9. The number of hydrogen-bond acceptors (Lipinski definition) is 6. The number of piperidine rings is 1. The molecule has 0 spiro atoms. The first-order chi connectivity index (χ1) is 14.4. The number of likely N-dealkylation sites (tertiary alicyclic amines) is 1. The van der Waals surface area contributed by atoms with Gasteiger partial charge in [0.2, 0.25) is 11.8 Å². The molecule has 2 aliphatic rings. The van der Waals surface area contributed by atoms with Gasteiger partial charge in [-0.25, -0.2) is 18.7 Å². The Morgan fingerprint density at radius 2 is 2.03 bits per heavy atom. The number of halogens is 2. The predicted molar refractivity (Wildman–Crippen MR) is 109 cm³/mol. The van der Waals surface area contributed by atoms with Crippen LogP contribution in [0.25, 0.3) is 12.2 Å². The van der Waals surface area contributed by atoms with Gasteiger partial charge in [-0.05, 0) is 48.2 Å². The van der Waals surface area contributed by atoms with E-state index in [-0.39, 0.29) is 17.3 Å². The molecule has 2 amide bonds. The summed E-state index contributed by atoms with van der Waals surface area (Å²) < 4.78 is 31.9. The van der Waals surface area contributed by atoms with Crippen LogP contribution >= 0.6 is 11.5 Å². The fraction of sp³-hybridized carbons (Fsp3) is 0.350. The number of alkyl halides is 2. The molecule has 1 saturated heterocycles. The van der Waals surface area contributed by atoms with Crippen LogP contribution in [0.4, 0.5) is 14.6 Å². The molecule has 2 aromatic rings. The Kier molecular flexibility index (Phi) is 5.67. The number of hydrogen-bond donors (Lipinski definition) is 1. The SMILES string of the molecule is O=C1CC(F)(F)Cc2cc(C=CC(=O)N3CCC(=Cc4ncsn4)CC3)cnc2N1. The minimum Gasteiger partial charge on any atom is -0.339 e. The molecule has 0 unspecified atom stereocenters. The molecule has 4 rings (SSSR count). The Morgan fingerprint density at radius 3 is 2.77 bits per heavy atom. The van der Waals surface area contributed by atoms with Crippen molar-refractivity contribution in [2.24, 2.45) is 0 Å². The minimum atomic E-state index is -3.12. The Morgan fingerprint density at radius 1 is 1.23 bits per heavy atom. The number of rotatable bonds is 3. The van der Waals surface area contributed by atoms with E-state index in [0.29, 0.717) is 24.5 Å². The maximum Gasteiger partial charge on any atom is 0.260 e. The summed E-state index contributed by atoms with van der Waals surface area (Å²) in [6.07, 6.45) is 6.48. The van der Waals surface area contributed by atoms with Gasteiger partial charge in [-0.15, -0.1) is 0 Å². The van der Waals surface area contributed by atoms with Gasteiger partial charge in [0.25, 0.3) is 5.92 Å². The van der Waals surface area contributed by atoms with Crippen LogP contribution in [0.15, 0.2) is 29.4 Å². The van der Waals surface area contributed by atoms with Gasteiger partial charge < -0.3 is 10.2 Å². The second-order valence-electron chi connectivity index (χ2n) is 7.28. The van der Waals surface area contributed by atoms with E-state index in [1.165, 1.54) is 35.4 Å². The first kappa shape index (κ1) is 20.3. The quantitative estimate of drug-likeness (QED) is 0.755. The lowest BCUT2D eigenvalue weighted by Crippen LogP contribution is -2.35. The number of nitrogens with one attached hydrogen (secondary N) is 1. The first-order valence-electron chi connectivity index (χ1n) is 9.47. The molecule has 0 bridgehead atoms. The van der Waals surface area contributed by atoms with Crippen molar-refractivity contribution in [1.29, 1.82) is 0 Å². The Hall–Kier alpha value is -3.01.